The maximum absolute atomic E-state index is 10.5. The number of anilines is 4. The van der Waals surface area contributed by atoms with Gasteiger partial charge in [0.1, 0.15) is 0 Å². The van der Waals surface area contributed by atoms with Crippen LogP contribution in [0.3, 0.4) is 0 Å². The van der Waals surface area contributed by atoms with Crippen LogP contribution in [0.5, 0.6) is 0 Å². The lowest BCUT2D eigenvalue weighted by molar-refractivity contribution is 0.391. The molecular formula is C78H75BN4. The van der Waals surface area contributed by atoms with Crippen molar-refractivity contribution in [2.24, 2.45) is 23.7 Å². The normalized spacial score (nSPS) is 27.0. The first kappa shape index (κ1) is 35.4. The van der Waals surface area contributed by atoms with Gasteiger partial charge >= 0.3 is 0 Å². The molecular weight excluding hydrogens is 1000 g/mol. The molecule has 0 spiro atoms. The lowest BCUT2D eigenvalue weighted by Crippen LogP contribution is -2.65. The monoisotopic (exact) mass is 1100 g/mol. The van der Waals surface area contributed by atoms with E-state index in [1.165, 1.54) is 22.3 Å². The number of aromatic nitrogens is 2. The molecule has 5 heteroatoms. The SMILES string of the molecule is [2H]c1cc2c3c(c1)N(C1C(C4CC=CCC4)=CCCC1C1=CCCCC1)c1cc(-n4c5c([2H])c([2H])c([2H])c([2H])c5c5c([2H])c([2H])c([2H])c([2H])c54)ccc1B3c1ccc(-n3c4c([2H])c([2H])c([2H])c([2H])c4c4c([2H])c([2H])c([2H])c([2H])c43)cc1N2C1C(C2CC=CCC2)=CCCC1C1=CCCCC1. The van der Waals surface area contributed by atoms with Gasteiger partial charge in [0.05, 0.1) is 57.5 Å². The molecule has 4 nitrogen and oxygen atoms in total. The Bertz CT molecular complexity index is 4810. The summed E-state index contributed by atoms with van der Waals surface area (Å²) in [6.07, 6.45) is 36.2. The number of allylic oxidation sites excluding steroid dienone is 8. The minimum atomic E-state index is -0.589. The van der Waals surface area contributed by atoms with Gasteiger partial charge in [-0.15, -0.1) is 0 Å². The molecule has 0 saturated heterocycles. The van der Waals surface area contributed by atoms with Crippen molar-refractivity contribution in [2.45, 2.75) is 128 Å². The van der Waals surface area contributed by atoms with Crippen LogP contribution in [0.1, 0.15) is 139 Å². The van der Waals surface area contributed by atoms with Crippen LogP contribution in [0.15, 0.2) is 222 Å². The van der Waals surface area contributed by atoms with E-state index in [0.717, 1.165) is 155 Å². The van der Waals surface area contributed by atoms with Gasteiger partial charge in [0.15, 0.2) is 0 Å². The van der Waals surface area contributed by atoms with Gasteiger partial charge in [0.2, 0.25) is 0 Å². The van der Waals surface area contributed by atoms with Gasteiger partial charge in [-0.05, 0) is 216 Å². The van der Waals surface area contributed by atoms with Gasteiger partial charge in [-0.1, -0.05) is 150 Å². The van der Waals surface area contributed by atoms with Crippen molar-refractivity contribution in [2.75, 3.05) is 9.80 Å². The summed E-state index contributed by atoms with van der Waals surface area (Å²) in [6.45, 7) is -0.589. The summed E-state index contributed by atoms with van der Waals surface area (Å²) >= 11 is 0. The van der Waals surface area contributed by atoms with Gasteiger partial charge in [-0.3, -0.25) is 0 Å². The Morgan fingerprint density at radius 3 is 1.23 bits per heavy atom. The minimum Gasteiger partial charge on any atom is -0.334 e. The fourth-order valence-corrected chi connectivity index (χ4v) is 16.8. The van der Waals surface area contributed by atoms with Gasteiger partial charge in [-0.2, -0.15) is 0 Å². The predicted molar refractivity (Wildman–Crippen MR) is 352 cm³/mol. The molecule has 83 heavy (non-hydrogen) atoms. The van der Waals surface area contributed by atoms with Crippen molar-refractivity contribution >= 4 is 89.5 Å². The summed E-state index contributed by atoms with van der Waals surface area (Å²) in [7, 11) is 0. The molecule has 410 valence electrons. The molecule has 2 aliphatic heterocycles. The Balaban J connectivity index is 1.02. The zero-order valence-corrected chi connectivity index (χ0v) is 46.8. The van der Waals surface area contributed by atoms with Gasteiger partial charge in [-0.25, -0.2) is 0 Å². The highest BCUT2D eigenvalue weighted by molar-refractivity contribution is 7.00. The van der Waals surface area contributed by atoms with Crippen LogP contribution in [-0.2, 0) is 0 Å². The lowest BCUT2D eigenvalue weighted by Gasteiger charge is -2.53. The number of fused-ring (bicyclic) bond motifs is 10. The second-order valence-electron chi connectivity index (χ2n) is 24.5. The fourth-order valence-electron chi connectivity index (χ4n) is 16.8. The molecule has 9 aromatic rings. The highest BCUT2D eigenvalue weighted by Crippen LogP contribution is 2.52. The number of benzene rings is 7. The van der Waals surface area contributed by atoms with Crippen molar-refractivity contribution in [3.63, 3.8) is 0 Å². The Kier molecular flexibility index (Phi) is 8.76. The van der Waals surface area contributed by atoms with E-state index in [-0.39, 0.29) is 85.4 Å². The molecule has 8 aliphatic rings. The van der Waals surface area contributed by atoms with Crippen LogP contribution in [-0.4, -0.2) is 27.9 Å². The van der Waals surface area contributed by atoms with Crippen molar-refractivity contribution in [3.8, 4) is 11.4 Å². The number of nitrogens with zero attached hydrogens (tertiary/aromatic N) is 4. The van der Waals surface area contributed by atoms with E-state index in [0.29, 0.717) is 11.4 Å². The van der Waals surface area contributed by atoms with Gasteiger partial charge in [0, 0.05) is 67.5 Å². The molecule has 0 amide bonds. The third-order valence-electron chi connectivity index (χ3n) is 20.4. The topological polar surface area (TPSA) is 16.3 Å². The molecule has 4 heterocycles. The highest BCUT2D eigenvalue weighted by Gasteiger charge is 2.50. The zero-order valence-electron chi connectivity index (χ0n) is 63.8. The summed E-state index contributed by atoms with van der Waals surface area (Å²) in [5, 5.41) is -0.0639. The number of hydrogen-bond donors (Lipinski definition) is 0. The van der Waals surface area contributed by atoms with E-state index in [9.17, 15) is 12.3 Å². The van der Waals surface area contributed by atoms with E-state index >= 15 is 0 Å². The molecule has 0 N–H and O–H groups in total. The van der Waals surface area contributed by atoms with Crippen molar-refractivity contribution < 1.29 is 23.3 Å². The summed E-state index contributed by atoms with van der Waals surface area (Å²) in [5.74, 6) is 0.453. The second-order valence-corrected chi connectivity index (χ2v) is 24.5. The van der Waals surface area contributed by atoms with E-state index in [1.807, 2.05) is 24.3 Å². The van der Waals surface area contributed by atoms with Crippen LogP contribution in [0.4, 0.5) is 22.7 Å². The first-order chi connectivity index (χ1) is 48.3. The van der Waals surface area contributed by atoms with Gasteiger partial charge in [0.25, 0.3) is 6.71 Å². The van der Waals surface area contributed by atoms with E-state index in [1.54, 1.807) is 9.13 Å². The van der Waals surface area contributed by atoms with Gasteiger partial charge < -0.3 is 18.9 Å². The number of para-hydroxylation sites is 4. The van der Waals surface area contributed by atoms with Crippen molar-refractivity contribution in [1.82, 2.24) is 9.13 Å². The minimum absolute atomic E-state index is 0.0160. The molecule has 0 radical (unpaired) electrons. The maximum Gasteiger partial charge on any atom is 0.252 e. The van der Waals surface area contributed by atoms with E-state index in [4.69, 9.17) is 11.0 Å². The summed E-state index contributed by atoms with van der Waals surface area (Å²) in [4.78, 5) is 5.05. The molecule has 7 aromatic carbocycles. The maximum atomic E-state index is 10.5. The second kappa shape index (κ2) is 20.5. The van der Waals surface area contributed by atoms with Crippen molar-refractivity contribution in [1.29, 1.82) is 0 Å². The first-order valence-corrected chi connectivity index (χ1v) is 30.9. The molecule has 0 bridgehead atoms. The first-order valence-electron chi connectivity index (χ1n) is 39.4. The third-order valence-corrected chi connectivity index (χ3v) is 20.4. The largest absolute Gasteiger partial charge is 0.334 e. The molecule has 0 saturated carbocycles. The molecule has 0 fully saturated rings. The molecule has 2 aromatic heterocycles. The van der Waals surface area contributed by atoms with Crippen LogP contribution in [0, 0.1) is 23.7 Å². The predicted octanol–water partition coefficient (Wildman–Crippen LogP) is 18.4. The Morgan fingerprint density at radius 1 is 0.398 bits per heavy atom. The lowest BCUT2D eigenvalue weighted by atomic mass is 9.33. The Morgan fingerprint density at radius 2 is 0.831 bits per heavy atom. The van der Waals surface area contributed by atoms with Crippen LogP contribution in [0.2, 0.25) is 0 Å². The summed E-state index contributed by atoms with van der Waals surface area (Å²) in [6, 6.07) is 8.51. The smallest absolute Gasteiger partial charge is 0.252 e. The van der Waals surface area contributed by atoms with E-state index < -0.39 is 103 Å². The Labute approximate surface area is 514 Å². The fraction of sp³-hybridized carbons (Fsp3) is 0.308. The molecule has 6 aliphatic carbocycles. The van der Waals surface area contributed by atoms with Crippen molar-refractivity contribution in [3.05, 3.63) is 222 Å². The summed E-state index contributed by atoms with van der Waals surface area (Å²) in [5.41, 5.74) is 12.4. The molecule has 6 atom stereocenters. The Hall–Kier alpha value is -7.76. The highest BCUT2D eigenvalue weighted by atomic mass is 15.2. The van der Waals surface area contributed by atoms with Crippen LogP contribution >= 0.6 is 0 Å². The zero-order chi connectivity index (χ0) is 69.3. The van der Waals surface area contributed by atoms with E-state index in [2.05, 4.69) is 82.7 Å². The van der Waals surface area contributed by atoms with Crippen LogP contribution in [0.25, 0.3) is 55.0 Å². The van der Waals surface area contributed by atoms with Crippen LogP contribution < -0.4 is 26.2 Å². The average Bonchev–Trinajstić information content (AvgIpc) is 0.885. The average molecular weight is 1100 g/mol. The summed E-state index contributed by atoms with van der Waals surface area (Å²) < 4.78 is 163. The molecule has 17 rings (SSSR count). The number of hydrogen-bond acceptors (Lipinski definition) is 2. The quantitative estimate of drug-likeness (QED) is 0.111. The number of rotatable bonds is 8. The molecule has 6 unspecified atom stereocenters. The third kappa shape index (κ3) is 7.99. The standard InChI is InChI=1S/C78H75BN4/c1-5-24-52(25-6-1)58-36-21-37-59(53-26-7-2-8-27-53)77(58)82-72-44-23-45-73-76(72)79(66-48-46-56(50-74(66)82)80-68-40-17-13-32-62(68)63-33-14-18-41-69(63)80)67-49-47-57(81-70-42-19-15-34-64(70)65-35-16-20-43-71(65)81)51-75(67)83(73)78-60(54-28-9-3-10-29-54)38-22-39-61(78)55-30-11-4-12-31-55/h1,3,5,9,13-20,23,26,30,32-36,38,40-52,54,59,61,77-78H,2,4,6-8,10-12,21-22,24-25,27-29,31,37,39H2/i13D,14D,15D,16D,17D,18D,19D,20D,23D,32D,33D,34D,35D,40D,41D,42D,43D.